The van der Waals surface area contributed by atoms with Crippen molar-refractivity contribution in [1.29, 1.82) is 0 Å². The number of rotatable bonds is 5. The standard InChI is InChI=1S/C18H20O2/c1-4-15-8-10-16(11-9-15)18(19)14(3)20-17-7-5-6-13(2)12-17/h5-12,14H,4H2,1-3H3. The number of carbonyl (C=O) groups is 1. The molecule has 20 heavy (non-hydrogen) atoms. The van der Waals surface area contributed by atoms with Gasteiger partial charge in [-0.3, -0.25) is 4.79 Å². The van der Waals surface area contributed by atoms with Gasteiger partial charge in [0.05, 0.1) is 0 Å². The lowest BCUT2D eigenvalue weighted by atomic mass is 10.0. The molecular formula is C18H20O2. The van der Waals surface area contributed by atoms with Crippen LogP contribution >= 0.6 is 0 Å². The second-order valence-electron chi connectivity index (χ2n) is 4.99. The fourth-order valence-corrected chi connectivity index (χ4v) is 2.09. The van der Waals surface area contributed by atoms with Gasteiger partial charge in [-0.05, 0) is 43.5 Å². The number of benzene rings is 2. The van der Waals surface area contributed by atoms with Crippen LogP contribution in [-0.2, 0) is 6.42 Å². The number of ketones is 1. The Morgan fingerprint density at radius 2 is 1.85 bits per heavy atom. The summed E-state index contributed by atoms with van der Waals surface area (Å²) in [6, 6.07) is 15.5. The lowest BCUT2D eigenvalue weighted by molar-refractivity contribution is 0.0818. The molecule has 1 unspecified atom stereocenters. The minimum absolute atomic E-state index is 0.00848. The van der Waals surface area contributed by atoms with Gasteiger partial charge < -0.3 is 4.74 Å². The summed E-state index contributed by atoms with van der Waals surface area (Å²) in [6.07, 6.45) is 0.494. The van der Waals surface area contributed by atoms with Crippen molar-refractivity contribution in [1.82, 2.24) is 0 Å². The molecular weight excluding hydrogens is 248 g/mol. The van der Waals surface area contributed by atoms with E-state index in [4.69, 9.17) is 4.74 Å². The van der Waals surface area contributed by atoms with E-state index < -0.39 is 6.10 Å². The highest BCUT2D eigenvalue weighted by molar-refractivity contribution is 5.99. The summed E-state index contributed by atoms with van der Waals surface area (Å²) in [4.78, 5) is 12.3. The molecule has 0 radical (unpaired) electrons. The van der Waals surface area contributed by atoms with Crippen LogP contribution in [0.15, 0.2) is 48.5 Å². The van der Waals surface area contributed by atoms with Crippen LogP contribution in [-0.4, -0.2) is 11.9 Å². The van der Waals surface area contributed by atoms with Crippen molar-refractivity contribution in [3.63, 3.8) is 0 Å². The third-order valence-electron chi connectivity index (χ3n) is 3.32. The van der Waals surface area contributed by atoms with Gasteiger partial charge in [0.1, 0.15) is 5.75 Å². The van der Waals surface area contributed by atoms with E-state index in [1.54, 1.807) is 6.92 Å². The van der Waals surface area contributed by atoms with E-state index >= 15 is 0 Å². The van der Waals surface area contributed by atoms with Gasteiger partial charge in [0, 0.05) is 5.56 Å². The summed E-state index contributed by atoms with van der Waals surface area (Å²) >= 11 is 0. The van der Waals surface area contributed by atoms with Gasteiger partial charge in [0.15, 0.2) is 6.10 Å². The van der Waals surface area contributed by atoms with Gasteiger partial charge in [-0.2, -0.15) is 0 Å². The van der Waals surface area contributed by atoms with Crippen molar-refractivity contribution < 1.29 is 9.53 Å². The van der Waals surface area contributed by atoms with Gasteiger partial charge in [0.2, 0.25) is 5.78 Å². The molecule has 0 spiro atoms. The first-order valence-electron chi connectivity index (χ1n) is 6.96. The maximum absolute atomic E-state index is 12.3. The highest BCUT2D eigenvalue weighted by Crippen LogP contribution is 2.16. The first-order chi connectivity index (χ1) is 9.60. The number of hydrogen-bond acceptors (Lipinski definition) is 2. The molecule has 0 bridgehead atoms. The summed E-state index contributed by atoms with van der Waals surface area (Å²) in [5.74, 6) is 0.741. The quantitative estimate of drug-likeness (QED) is 0.759. The largest absolute Gasteiger partial charge is 0.483 e. The molecule has 2 aromatic carbocycles. The monoisotopic (exact) mass is 268 g/mol. The van der Waals surface area contributed by atoms with Crippen LogP contribution in [0.2, 0.25) is 0 Å². The Kier molecular flexibility index (Phi) is 4.57. The normalized spacial score (nSPS) is 11.9. The molecule has 1 atom stereocenters. The van der Waals surface area contributed by atoms with E-state index in [-0.39, 0.29) is 5.78 Å². The molecule has 0 heterocycles. The van der Waals surface area contributed by atoms with Crippen molar-refractivity contribution in [2.45, 2.75) is 33.3 Å². The molecule has 0 aliphatic rings. The summed E-state index contributed by atoms with van der Waals surface area (Å²) < 4.78 is 5.72. The Bertz CT molecular complexity index is 585. The summed E-state index contributed by atoms with van der Waals surface area (Å²) in [5.41, 5.74) is 3.05. The van der Waals surface area contributed by atoms with Crippen LogP contribution in [0.3, 0.4) is 0 Å². The maximum atomic E-state index is 12.3. The molecule has 2 aromatic rings. The minimum atomic E-state index is -0.482. The highest BCUT2D eigenvalue weighted by atomic mass is 16.5. The highest BCUT2D eigenvalue weighted by Gasteiger charge is 2.16. The first kappa shape index (κ1) is 14.3. The zero-order chi connectivity index (χ0) is 14.5. The Labute approximate surface area is 120 Å². The topological polar surface area (TPSA) is 26.3 Å². The van der Waals surface area contributed by atoms with Crippen LogP contribution in [0.25, 0.3) is 0 Å². The number of ether oxygens (including phenoxy) is 1. The molecule has 2 rings (SSSR count). The van der Waals surface area contributed by atoms with Crippen molar-refractivity contribution in [3.8, 4) is 5.75 Å². The van der Waals surface area contributed by atoms with E-state index in [1.807, 2.05) is 55.5 Å². The average Bonchev–Trinajstić information content (AvgIpc) is 2.46. The number of carbonyl (C=O) groups excluding carboxylic acids is 1. The molecule has 0 aliphatic carbocycles. The third-order valence-corrected chi connectivity index (χ3v) is 3.32. The molecule has 2 nitrogen and oxygen atoms in total. The summed E-state index contributed by atoms with van der Waals surface area (Å²) in [5, 5.41) is 0. The second-order valence-corrected chi connectivity index (χ2v) is 4.99. The smallest absolute Gasteiger partial charge is 0.202 e. The summed E-state index contributed by atoms with van der Waals surface area (Å²) in [7, 11) is 0. The molecule has 0 N–H and O–H groups in total. The molecule has 2 heteroatoms. The van der Waals surface area contributed by atoms with E-state index in [1.165, 1.54) is 5.56 Å². The van der Waals surface area contributed by atoms with Crippen molar-refractivity contribution >= 4 is 5.78 Å². The fourth-order valence-electron chi connectivity index (χ4n) is 2.09. The molecule has 0 aromatic heterocycles. The van der Waals surface area contributed by atoms with E-state index in [2.05, 4.69) is 6.92 Å². The molecule has 0 saturated heterocycles. The SMILES string of the molecule is CCc1ccc(C(=O)C(C)Oc2cccc(C)c2)cc1. The van der Waals surface area contributed by atoms with Crippen LogP contribution < -0.4 is 4.74 Å². The summed E-state index contributed by atoms with van der Waals surface area (Å²) in [6.45, 7) is 5.89. The number of aryl methyl sites for hydroxylation is 2. The minimum Gasteiger partial charge on any atom is -0.483 e. The lowest BCUT2D eigenvalue weighted by Crippen LogP contribution is -2.23. The Morgan fingerprint density at radius 1 is 1.15 bits per heavy atom. The fraction of sp³-hybridized carbons (Fsp3) is 0.278. The Hall–Kier alpha value is -2.09. The van der Waals surface area contributed by atoms with Crippen molar-refractivity contribution in [2.24, 2.45) is 0 Å². The third kappa shape index (κ3) is 3.47. The zero-order valence-electron chi connectivity index (χ0n) is 12.2. The Balaban J connectivity index is 2.07. The lowest BCUT2D eigenvalue weighted by Gasteiger charge is -2.14. The number of hydrogen-bond donors (Lipinski definition) is 0. The van der Waals surface area contributed by atoms with Gasteiger partial charge in [-0.25, -0.2) is 0 Å². The van der Waals surface area contributed by atoms with E-state index in [0.29, 0.717) is 5.56 Å². The van der Waals surface area contributed by atoms with Gasteiger partial charge in [-0.15, -0.1) is 0 Å². The van der Waals surface area contributed by atoms with Crippen LogP contribution in [0.5, 0.6) is 5.75 Å². The van der Waals surface area contributed by atoms with Crippen LogP contribution in [0.4, 0.5) is 0 Å². The molecule has 0 amide bonds. The number of Topliss-reactive ketones (excluding diaryl/α,β-unsaturated/α-hetero) is 1. The van der Waals surface area contributed by atoms with Gasteiger partial charge >= 0.3 is 0 Å². The van der Waals surface area contributed by atoms with Gasteiger partial charge in [-0.1, -0.05) is 43.3 Å². The Morgan fingerprint density at radius 3 is 2.45 bits per heavy atom. The van der Waals surface area contributed by atoms with E-state index in [0.717, 1.165) is 17.7 Å². The first-order valence-corrected chi connectivity index (χ1v) is 6.96. The van der Waals surface area contributed by atoms with Crippen molar-refractivity contribution in [2.75, 3.05) is 0 Å². The molecule has 0 fully saturated rings. The molecule has 0 aliphatic heterocycles. The molecule has 0 saturated carbocycles. The molecule has 104 valence electrons. The predicted molar refractivity (Wildman–Crippen MR) is 81.4 cm³/mol. The van der Waals surface area contributed by atoms with Crippen molar-refractivity contribution in [3.05, 3.63) is 65.2 Å². The van der Waals surface area contributed by atoms with Crippen LogP contribution in [0, 0.1) is 6.92 Å². The second kappa shape index (κ2) is 6.38. The maximum Gasteiger partial charge on any atom is 0.202 e. The van der Waals surface area contributed by atoms with Crippen LogP contribution in [0.1, 0.15) is 35.3 Å². The van der Waals surface area contributed by atoms with Gasteiger partial charge in [0.25, 0.3) is 0 Å². The zero-order valence-corrected chi connectivity index (χ0v) is 12.2. The predicted octanol–water partition coefficient (Wildman–Crippen LogP) is 4.21. The average molecular weight is 268 g/mol. The van der Waals surface area contributed by atoms with E-state index in [9.17, 15) is 4.79 Å².